The summed E-state index contributed by atoms with van der Waals surface area (Å²) in [7, 11) is 0. The fraction of sp³-hybridized carbons (Fsp3) is 0.250. The minimum Gasteiger partial charge on any atom is -0.329 e. The van der Waals surface area contributed by atoms with Crippen molar-refractivity contribution in [2.45, 2.75) is 13.1 Å². The van der Waals surface area contributed by atoms with Crippen LogP contribution in [0.5, 0.6) is 0 Å². The van der Waals surface area contributed by atoms with Crippen molar-refractivity contribution in [3.8, 4) is 0 Å². The lowest BCUT2D eigenvalue weighted by Gasteiger charge is -2.20. The Morgan fingerprint density at radius 2 is 1.88 bits per heavy atom. The zero-order chi connectivity index (χ0) is 18.6. The Bertz CT molecular complexity index is 777. The summed E-state index contributed by atoms with van der Waals surface area (Å²) in [6.07, 6.45) is -4.59. The number of amides is 2. The van der Waals surface area contributed by atoms with Gasteiger partial charge in [-0.1, -0.05) is 23.7 Å². The summed E-state index contributed by atoms with van der Waals surface area (Å²) in [4.78, 5) is 26.0. The van der Waals surface area contributed by atoms with Crippen LogP contribution in [0.4, 0.5) is 18.9 Å². The van der Waals surface area contributed by atoms with E-state index in [1.807, 2.05) is 0 Å². The van der Waals surface area contributed by atoms with Gasteiger partial charge in [0.2, 0.25) is 5.91 Å². The van der Waals surface area contributed by atoms with E-state index in [2.05, 4.69) is 5.32 Å². The number of thiophene rings is 1. The Balaban J connectivity index is 2.10. The molecule has 0 unspecified atom stereocenters. The van der Waals surface area contributed by atoms with Gasteiger partial charge in [-0.3, -0.25) is 9.59 Å². The van der Waals surface area contributed by atoms with Crippen molar-refractivity contribution < 1.29 is 22.8 Å². The fourth-order valence-corrected chi connectivity index (χ4v) is 3.13. The molecule has 1 aromatic carbocycles. The van der Waals surface area contributed by atoms with Crippen LogP contribution < -0.4 is 5.32 Å². The summed E-state index contributed by atoms with van der Waals surface area (Å²) in [6, 6.07) is 7.77. The smallest absolute Gasteiger partial charge is 0.329 e. The first-order valence-electron chi connectivity index (χ1n) is 7.23. The molecule has 2 amide bonds. The van der Waals surface area contributed by atoms with Gasteiger partial charge in [0, 0.05) is 6.54 Å². The van der Waals surface area contributed by atoms with E-state index >= 15 is 0 Å². The molecule has 0 saturated heterocycles. The second-order valence-corrected chi connectivity index (χ2v) is 6.73. The van der Waals surface area contributed by atoms with Gasteiger partial charge in [0.25, 0.3) is 5.91 Å². The minimum atomic E-state index is -4.59. The van der Waals surface area contributed by atoms with Crippen molar-refractivity contribution in [1.82, 2.24) is 4.90 Å². The van der Waals surface area contributed by atoms with Crippen LogP contribution in [0.1, 0.15) is 22.2 Å². The number of halogens is 4. The standard InChI is InChI=1S/C16H14ClF3N2O2S/c1-2-22(15(24)12-7-8-13(17)25-12)9-14(23)21-11-6-4-3-5-10(11)16(18,19)20/h3-8H,2,9H2,1H3,(H,21,23). The molecule has 0 saturated carbocycles. The highest BCUT2D eigenvalue weighted by molar-refractivity contribution is 7.17. The number of rotatable bonds is 5. The van der Waals surface area contributed by atoms with Crippen molar-refractivity contribution in [1.29, 1.82) is 0 Å². The maximum atomic E-state index is 13.0. The molecule has 4 nitrogen and oxygen atoms in total. The monoisotopic (exact) mass is 390 g/mol. The largest absolute Gasteiger partial charge is 0.418 e. The number of nitrogens with zero attached hydrogens (tertiary/aromatic N) is 1. The van der Waals surface area contributed by atoms with Crippen LogP contribution in [0.2, 0.25) is 4.34 Å². The van der Waals surface area contributed by atoms with Crippen molar-refractivity contribution >= 4 is 40.4 Å². The molecule has 0 aliphatic heterocycles. The number of likely N-dealkylation sites (N-methyl/N-ethyl adjacent to an activating group) is 1. The molecule has 0 spiro atoms. The van der Waals surface area contributed by atoms with E-state index in [0.717, 1.165) is 23.5 Å². The van der Waals surface area contributed by atoms with Gasteiger partial charge in [-0.2, -0.15) is 13.2 Å². The molecule has 0 bridgehead atoms. The topological polar surface area (TPSA) is 49.4 Å². The molecule has 2 aromatic rings. The molecule has 2 rings (SSSR count). The Kier molecular flexibility index (Phi) is 6.07. The molecule has 0 radical (unpaired) electrons. The van der Waals surface area contributed by atoms with Crippen molar-refractivity contribution in [2.75, 3.05) is 18.4 Å². The van der Waals surface area contributed by atoms with Crippen LogP contribution >= 0.6 is 22.9 Å². The van der Waals surface area contributed by atoms with Crippen molar-refractivity contribution in [3.05, 3.63) is 51.2 Å². The summed E-state index contributed by atoms with van der Waals surface area (Å²) < 4.78 is 39.3. The average Bonchev–Trinajstić information content (AvgIpc) is 2.98. The first-order valence-corrected chi connectivity index (χ1v) is 8.42. The van der Waals surface area contributed by atoms with Crippen molar-refractivity contribution in [3.63, 3.8) is 0 Å². The number of nitrogens with one attached hydrogen (secondary N) is 1. The molecule has 1 N–H and O–H groups in total. The summed E-state index contributed by atoms with van der Waals surface area (Å²) in [5, 5.41) is 2.22. The van der Waals surface area contributed by atoms with E-state index in [1.165, 1.54) is 23.1 Å². The number of benzene rings is 1. The number of hydrogen-bond donors (Lipinski definition) is 1. The quantitative estimate of drug-likeness (QED) is 0.816. The highest BCUT2D eigenvalue weighted by atomic mass is 35.5. The zero-order valence-corrected chi connectivity index (χ0v) is 14.6. The summed E-state index contributed by atoms with van der Waals surface area (Å²) >= 11 is 6.86. The Labute approximate surface area is 151 Å². The van der Waals surface area contributed by atoms with Crippen molar-refractivity contribution in [2.24, 2.45) is 0 Å². The van der Waals surface area contributed by atoms with Gasteiger partial charge >= 0.3 is 6.18 Å². The lowest BCUT2D eigenvalue weighted by Crippen LogP contribution is -2.37. The van der Waals surface area contributed by atoms with Crippen LogP contribution in [0.25, 0.3) is 0 Å². The molecular weight excluding hydrogens is 377 g/mol. The highest BCUT2D eigenvalue weighted by Gasteiger charge is 2.33. The van der Waals surface area contributed by atoms with Gasteiger partial charge in [-0.25, -0.2) is 0 Å². The predicted molar refractivity (Wildman–Crippen MR) is 91.0 cm³/mol. The molecule has 134 valence electrons. The zero-order valence-electron chi connectivity index (χ0n) is 13.1. The third-order valence-corrected chi connectivity index (χ3v) is 4.51. The third kappa shape index (κ3) is 4.96. The van der Waals surface area contributed by atoms with Gasteiger partial charge in [-0.15, -0.1) is 11.3 Å². The SMILES string of the molecule is CCN(CC(=O)Nc1ccccc1C(F)(F)F)C(=O)c1ccc(Cl)s1. The number of anilines is 1. The Morgan fingerprint density at radius 3 is 2.44 bits per heavy atom. The maximum Gasteiger partial charge on any atom is 0.418 e. The number of para-hydroxylation sites is 1. The van der Waals surface area contributed by atoms with Crippen LogP contribution in [-0.2, 0) is 11.0 Å². The molecular formula is C16H14ClF3N2O2S. The molecule has 1 heterocycles. The van der Waals surface area contributed by atoms with Crippen LogP contribution in [-0.4, -0.2) is 29.8 Å². The van der Waals surface area contributed by atoms with Gasteiger partial charge in [0.1, 0.15) is 6.54 Å². The van der Waals surface area contributed by atoms with Gasteiger partial charge in [0.15, 0.2) is 0 Å². The van der Waals surface area contributed by atoms with Crippen LogP contribution in [0.15, 0.2) is 36.4 Å². The molecule has 0 aliphatic carbocycles. The number of carbonyl (C=O) groups is 2. The van der Waals surface area contributed by atoms with Gasteiger partial charge in [0.05, 0.1) is 20.5 Å². The van der Waals surface area contributed by atoms with Crippen LogP contribution in [0.3, 0.4) is 0 Å². The molecule has 9 heteroatoms. The number of hydrogen-bond acceptors (Lipinski definition) is 3. The normalized spacial score (nSPS) is 11.2. The molecule has 25 heavy (non-hydrogen) atoms. The maximum absolute atomic E-state index is 13.0. The molecule has 0 atom stereocenters. The Morgan fingerprint density at radius 1 is 1.20 bits per heavy atom. The second kappa shape index (κ2) is 7.88. The van der Waals surface area contributed by atoms with E-state index in [-0.39, 0.29) is 18.8 Å². The van der Waals surface area contributed by atoms with Gasteiger partial charge < -0.3 is 10.2 Å². The fourth-order valence-electron chi connectivity index (χ4n) is 2.11. The average molecular weight is 391 g/mol. The highest BCUT2D eigenvalue weighted by Crippen LogP contribution is 2.34. The lowest BCUT2D eigenvalue weighted by molar-refractivity contribution is -0.137. The van der Waals surface area contributed by atoms with E-state index < -0.39 is 23.6 Å². The first kappa shape index (κ1) is 19.3. The number of alkyl halides is 3. The van der Waals surface area contributed by atoms with E-state index in [0.29, 0.717) is 9.21 Å². The van der Waals surface area contributed by atoms with E-state index in [4.69, 9.17) is 11.6 Å². The molecule has 1 aromatic heterocycles. The van der Waals surface area contributed by atoms with E-state index in [9.17, 15) is 22.8 Å². The van der Waals surface area contributed by atoms with Crippen LogP contribution in [0, 0.1) is 0 Å². The lowest BCUT2D eigenvalue weighted by atomic mass is 10.1. The second-order valence-electron chi connectivity index (χ2n) is 5.01. The Hall–Kier alpha value is -2.06. The number of carbonyl (C=O) groups excluding carboxylic acids is 2. The third-order valence-electron chi connectivity index (χ3n) is 3.29. The first-order chi connectivity index (χ1) is 11.7. The summed E-state index contributed by atoms with van der Waals surface area (Å²) in [6.45, 7) is 1.53. The van der Waals surface area contributed by atoms with E-state index in [1.54, 1.807) is 13.0 Å². The predicted octanol–water partition coefficient (Wildman–Crippen LogP) is 4.52. The molecule has 0 aliphatic rings. The summed E-state index contributed by atoms with van der Waals surface area (Å²) in [5.41, 5.74) is -1.29. The minimum absolute atomic E-state index is 0.225. The molecule has 0 fully saturated rings. The van der Waals surface area contributed by atoms with Gasteiger partial charge in [-0.05, 0) is 31.2 Å². The summed E-state index contributed by atoms with van der Waals surface area (Å²) in [5.74, 6) is -1.12.